The van der Waals surface area contributed by atoms with Crippen molar-refractivity contribution < 1.29 is 4.42 Å². The highest BCUT2D eigenvalue weighted by atomic mass is 16.3. The Kier molecular flexibility index (Phi) is 8.65. The van der Waals surface area contributed by atoms with E-state index in [1.54, 1.807) is 0 Å². The van der Waals surface area contributed by atoms with Gasteiger partial charge < -0.3 is 4.42 Å². The molecule has 0 aliphatic carbocycles. The molecule has 10 rings (SSSR count). The van der Waals surface area contributed by atoms with Crippen molar-refractivity contribution in [3.05, 3.63) is 168 Å². The van der Waals surface area contributed by atoms with Gasteiger partial charge in [-0.15, -0.1) is 0 Å². The third-order valence-corrected chi connectivity index (χ3v) is 12.4. The second kappa shape index (κ2) is 13.8. The fourth-order valence-electron chi connectivity index (χ4n) is 9.19. The average Bonchev–Trinajstić information content (AvgIpc) is 3.80. The zero-order valence-electron chi connectivity index (χ0n) is 35.3. The minimum atomic E-state index is 0.123. The first-order valence-electron chi connectivity index (χ1n) is 21.1. The molecule has 0 atom stereocenters. The summed E-state index contributed by atoms with van der Waals surface area (Å²) in [6.07, 6.45) is 0. The van der Waals surface area contributed by atoms with Crippen LogP contribution in [0.4, 0.5) is 0 Å². The number of aryl methyl sites for hydroxylation is 1. The number of nitrogens with zero attached hydrogens (tertiary/aromatic N) is 2. The van der Waals surface area contributed by atoms with Crippen molar-refractivity contribution in [3.8, 4) is 39.3 Å². The predicted octanol–water partition coefficient (Wildman–Crippen LogP) is 16.1. The molecule has 3 nitrogen and oxygen atoms in total. The summed E-state index contributed by atoms with van der Waals surface area (Å²) in [5.41, 5.74) is 16.3. The molecule has 0 aliphatic heterocycles. The fraction of sp³-hybridized carbons (Fsp3) is 0.196. The molecule has 0 spiro atoms. The summed E-state index contributed by atoms with van der Waals surface area (Å²) >= 11 is 0. The largest absolute Gasteiger partial charge is 0.455 e. The molecule has 8 aromatic carbocycles. The number of rotatable bonds is 6. The Morgan fingerprint density at radius 3 is 1.95 bits per heavy atom. The molecule has 0 unspecified atom stereocenters. The van der Waals surface area contributed by atoms with Crippen LogP contribution >= 0.6 is 0 Å². The highest BCUT2D eigenvalue weighted by Crippen LogP contribution is 2.44. The Morgan fingerprint density at radius 2 is 1.22 bits per heavy atom. The van der Waals surface area contributed by atoms with Crippen LogP contribution in [0.3, 0.4) is 0 Å². The van der Waals surface area contributed by atoms with Crippen molar-refractivity contribution >= 4 is 54.5 Å². The van der Waals surface area contributed by atoms with Gasteiger partial charge in [-0.3, -0.25) is 4.57 Å². The van der Waals surface area contributed by atoms with Gasteiger partial charge in [-0.2, -0.15) is 0 Å². The molecule has 10 aromatic rings. The Morgan fingerprint density at radius 1 is 0.542 bits per heavy atom. The normalized spacial score (nSPS) is 12.4. The van der Waals surface area contributed by atoms with Crippen LogP contribution < -0.4 is 0 Å². The fourth-order valence-corrected chi connectivity index (χ4v) is 9.19. The highest BCUT2D eigenvalue weighted by molar-refractivity contribution is 6.17. The van der Waals surface area contributed by atoms with Gasteiger partial charge in [0, 0.05) is 10.8 Å². The van der Waals surface area contributed by atoms with E-state index in [2.05, 4.69) is 206 Å². The monoisotopic (exact) mass is 766 g/mol. The molecular weight excluding hydrogens is 717 g/mol. The van der Waals surface area contributed by atoms with Crippen LogP contribution in [-0.4, -0.2) is 9.55 Å². The van der Waals surface area contributed by atoms with E-state index in [1.165, 1.54) is 71.7 Å². The maximum absolute atomic E-state index is 6.93. The molecule has 0 saturated heterocycles. The van der Waals surface area contributed by atoms with Crippen LogP contribution in [0, 0.1) is 6.92 Å². The second-order valence-corrected chi connectivity index (χ2v) is 18.1. The van der Waals surface area contributed by atoms with Crippen molar-refractivity contribution in [1.29, 1.82) is 0 Å². The van der Waals surface area contributed by atoms with Crippen molar-refractivity contribution in [2.75, 3.05) is 0 Å². The lowest BCUT2D eigenvalue weighted by Gasteiger charge is -2.24. The predicted molar refractivity (Wildman–Crippen MR) is 251 cm³/mol. The number of hydrogen-bond donors (Lipinski definition) is 0. The molecule has 0 bridgehead atoms. The lowest BCUT2D eigenvalue weighted by Crippen LogP contribution is -2.11. The lowest BCUT2D eigenvalue weighted by molar-refractivity contribution is 0.590. The van der Waals surface area contributed by atoms with Crippen molar-refractivity contribution in [2.45, 2.75) is 72.6 Å². The molecule has 0 fully saturated rings. The van der Waals surface area contributed by atoms with E-state index >= 15 is 0 Å². The minimum Gasteiger partial charge on any atom is -0.455 e. The summed E-state index contributed by atoms with van der Waals surface area (Å²) in [6, 6.07) is 53.5. The van der Waals surface area contributed by atoms with Crippen LogP contribution in [0.2, 0.25) is 0 Å². The van der Waals surface area contributed by atoms with E-state index < -0.39 is 0 Å². The quantitative estimate of drug-likeness (QED) is 0.158. The highest BCUT2D eigenvalue weighted by Gasteiger charge is 2.26. The molecule has 0 aliphatic rings. The van der Waals surface area contributed by atoms with Crippen molar-refractivity contribution in [3.63, 3.8) is 0 Å². The lowest BCUT2D eigenvalue weighted by atomic mass is 9.84. The zero-order chi connectivity index (χ0) is 40.7. The van der Waals surface area contributed by atoms with E-state index in [4.69, 9.17) is 9.40 Å². The Labute approximate surface area is 347 Å². The van der Waals surface area contributed by atoms with Crippen molar-refractivity contribution in [2.24, 2.45) is 0 Å². The Balaban J connectivity index is 1.15. The molecule has 0 N–H and O–H groups in total. The van der Waals surface area contributed by atoms with E-state index in [-0.39, 0.29) is 17.3 Å². The second-order valence-electron chi connectivity index (χ2n) is 18.1. The molecule has 0 amide bonds. The van der Waals surface area contributed by atoms with Gasteiger partial charge in [-0.25, -0.2) is 4.98 Å². The number of furan rings is 1. The van der Waals surface area contributed by atoms with Gasteiger partial charge in [-0.05, 0) is 133 Å². The summed E-state index contributed by atoms with van der Waals surface area (Å²) in [4.78, 5) is 5.42. The number of imidazole rings is 1. The molecule has 3 heteroatoms. The third-order valence-electron chi connectivity index (χ3n) is 12.4. The molecule has 2 aromatic heterocycles. The smallest absolute Gasteiger partial charge is 0.149 e. The van der Waals surface area contributed by atoms with Gasteiger partial charge in [0.2, 0.25) is 0 Å². The molecule has 59 heavy (non-hydrogen) atoms. The van der Waals surface area contributed by atoms with E-state index in [0.29, 0.717) is 0 Å². The number of aromatic nitrogens is 2. The molecule has 290 valence electrons. The number of benzene rings is 8. The van der Waals surface area contributed by atoms with E-state index in [9.17, 15) is 0 Å². The van der Waals surface area contributed by atoms with Gasteiger partial charge in [0.15, 0.2) is 0 Å². The average molecular weight is 767 g/mol. The summed E-state index contributed by atoms with van der Waals surface area (Å²) in [5.74, 6) is 1.40. The SMILES string of the molecule is Cc1cc(C(C)(C)C)ccc1-c1ccc(-c2cc(C(C)C)c(-n3c(-c4cccc5c4oc4cc6c(ccc7ccccc76)cc45)nc4ccccc43)c(C(C)C)c2)cc1. The van der Waals surface area contributed by atoms with Crippen LogP contribution in [0.1, 0.15) is 82.6 Å². The van der Waals surface area contributed by atoms with Crippen LogP contribution in [0.25, 0.3) is 93.8 Å². The van der Waals surface area contributed by atoms with Gasteiger partial charge in [0.05, 0.1) is 22.3 Å². The Bertz CT molecular complexity index is 3230. The standard InChI is InChI=1S/C56H50N2O/c1-33(2)46-30-40(36-20-22-38(23-21-36)42-27-26-41(28-35(42)5)56(6,7)8)31-47(34(3)4)53(46)58-51-19-12-11-18-50(51)57-55(58)45-17-13-16-44-49-29-39-25-24-37-14-9-10-15-43(37)48(39)32-52(49)59-54(44)45/h9-34H,1-8H3. The minimum absolute atomic E-state index is 0.123. The van der Waals surface area contributed by atoms with Crippen LogP contribution in [-0.2, 0) is 5.41 Å². The van der Waals surface area contributed by atoms with Gasteiger partial charge in [0.1, 0.15) is 17.0 Å². The first-order chi connectivity index (χ1) is 28.4. The molecule has 2 heterocycles. The number of para-hydroxylation sites is 3. The molecule has 0 saturated carbocycles. The Hall–Kier alpha value is -6.45. The molecular formula is C56H50N2O. The van der Waals surface area contributed by atoms with Gasteiger partial charge in [-0.1, -0.05) is 152 Å². The summed E-state index contributed by atoms with van der Waals surface area (Å²) in [6.45, 7) is 18.3. The zero-order valence-corrected chi connectivity index (χ0v) is 35.3. The summed E-state index contributed by atoms with van der Waals surface area (Å²) < 4.78 is 9.35. The maximum atomic E-state index is 6.93. The third kappa shape index (κ3) is 6.14. The first-order valence-corrected chi connectivity index (χ1v) is 21.1. The van der Waals surface area contributed by atoms with Gasteiger partial charge >= 0.3 is 0 Å². The first kappa shape index (κ1) is 36.9. The maximum Gasteiger partial charge on any atom is 0.149 e. The van der Waals surface area contributed by atoms with E-state index in [0.717, 1.165) is 44.4 Å². The number of hydrogen-bond acceptors (Lipinski definition) is 2. The van der Waals surface area contributed by atoms with Crippen molar-refractivity contribution in [1.82, 2.24) is 9.55 Å². The van der Waals surface area contributed by atoms with Crippen LogP contribution in [0.5, 0.6) is 0 Å². The number of fused-ring (bicyclic) bond motifs is 7. The van der Waals surface area contributed by atoms with Crippen LogP contribution in [0.15, 0.2) is 150 Å². The topological polar surface area (TPSA) is 31.0 Å². The van der Waals surface area contributed by atoms with Gasteiger partial charge in [0.25, 0.3) is 0 Å². The summed E-state index contributed by atoms with van der Waals surface area (Å²) in [7, 11) is 0. The summed E-state index contributed by atoms with van der Waals surface area (Å²) in [5, 5.41) is 7.08. The molecule has 0 radical (unpaired) electrons. The van der Waals surface area contributed by atoms with E-state index in [1.807, 2.05) is 0 Å².